The molecule has 4 nitrogen and oxygen atoms in total. The van der Waals surface area contributed by atoms with E-state index in [0.717, 1.165) is 0 Å². The highest BCUT2D eigenvalue weighted by molar-refractivity contribution is 6.38. The minimum atomic E-state index is -4.95. The summed E-state index contributed by atoms with van der Waals surface area (Å²) in [4.78, 5) is 15.1. The highest BCUT2D eigenvalue weighted by Gasteiger charge is 2.38. The predicted molar refractivity (Wildman–Crippen MR) is 84.1 cm³/mol. The van der Waals surface area contributed by atoms with Crippen LogP contribution in [-0.2, 0) is 4.79 Å². The van der Waals surface area contributed by atoms with Gasteiger partial charge in [-0.25, -0.2) is 4.98 Å². The van der Waals surface area contributed by atoms with Gasteiger partial charge in [0.15, 0.2) is 5.58 Å². The second-order valence-corrected chi connectivity index (χ2v) is 5.63. The number of nitrogens with zero attached hydrogens (tertiary/aromatic N) is 1. The Labute approximate surface area is 143 Å². The lowest BCUT2D eigenvalue weighted by atomic mass is 10.2. The highest BCUT2D eigenvalue weighted by Crippen LogP contribution is 2.32. The number of nitrogens with one attached hydrogen (secondary N) is 1. The lowest BCUT2D eigenvalue weighted by molar-refractivity contribution is -0.167. The Kier molecular flexibility index (Phi) is 4.15. The Morgan fingerprint density at radius 1 is 1.12 bits per heavy atom. The number of oxazole rings is 1. The molecule has 124 valence electrons. The summed E-state index contributed by atoms with van der Waals surface area (Å²) in [6, 6.07) is 8.63. The fourth-order valence-electron chi connectivity index (χ4n) is 1.98. The molecule has 0 spiro atoms. The molecule has 1 N–H and O–H groups in total. The van der Waals surface area contributed by atoms with Gasteiger partial charge in [-0.05, 0) is 36.4 Å². The van der Waals surface area contributed by atoms with Gasteiger partial charge in [0, 0.05) is 16.3 Å². The predicted octanol–water partition coefficient (Wildman–Crippen LogP) is 5.30. The molecule has 0 radical (unpaired) electrons. The Hall–Kier alpha value is -2.25. The van der Waals surface area contributed by atoms with Crippen molar-refractivity contribution in [1.29, 1.82) is 0 Å². The zero-order valence-corrected chi connectivity index (χ0v) is 13.1. The third-order valence-corrected chi connectivity index (χ3v) is 3.56. The molecule has 0 saturated carbocycles. The summed E-state index contributed by atoms with van der Waals surface area (Å²) < 4.78 is 42.2. The summed E-state index contributed by atoms with van der Waals surface area (Å²) >= 11 is 11.9. The Morgan fingerprint density at radius 2 is 1.79 bits per heavy atom. The SMILES string of the molecule is O=C(Nc1ccc(-c2nc3cc(Cl)cc(Cl)c3o2)cc1)C(F)(F)F. The molecule has 1 aromatic heterocycles. The zero-order valence-electron chi connectivity index (χ0n) is 11.6. The van der Waals surface area contributed by atoms with E-state index in [2.05, 4.69) is 4.98 Å². The van der Waals surface area contributed by atoms with Crippen LogP contribution in [0, 0.1) is 0 Å². The number of aromatic nitrogens is 1. The topological polar surface area (TPSA) is 55.1 Å². The number of anilines is 1. The monoisotopic (exact) mass is 374 g/mol. The van der Waals surface area contributed by atoms with Gasteiger partial charge in [-0.15, -0.1) is 0 Å². The van der Waals surface area contributed by atoms with E-state index >= 15 is 0 Å². The summed E-state index contributed by atoms with van der Waals surface area (Å²) in [6.45, 7) is 0. The highest BCUT2D eigenvalue weighted by atomic mass is 35.5. The van der Waals surface area contributed by atoms with Crippen LogP contribution in [0.15, 0.2) is 40.8 Å². The summed E-state index contributed by atoms with van der Waals surface area (Å²) in [5, 5.41) is 2.45. The molecular weight excluding hydrogens is 368 g/mol. The fourth-order valence-corrected chi connectivity index (χ4v) is 2.50. The van der Waals surface area contributed by atoms with Gasteiger partial charge < -0.3 is 9.73 Å². The third kappa shape index (κ3) is 3.32. The summed E-state index contributed by atoms with van der Waals surface area (Å²) in [7, 11) is 0. The molecule has 1 heterocycles. The molecular formula is C15H7Cl2F3N2O2. The van der Waals surface area contributed by atoms with Crippen molar-refractivity contribution in [3.05, 3.63) is 46.4 Å². The first kappa shape index (κ1) is 16.6. The molecule has 9 heteroatoms. The number of fused-ring (bicyclic) bond motifs is 1. The maximum Gasteiger partial charge on any atom is 0.471 e. The van der Waals surface area contributed by atoms with E-state index in [1.807, 2.05) is 0 Å². The van der Waals surface area contributed by atoms with E-state index in [-0.39, 0.29) is 11.6 Å². The first-order valence-electron chi connectivity index (χ1n) is 6.48. The van der Waals surface area contributed by atoms with Crippen molar-refractivity contribution in [2.45, 2.75) is 6.18 Å². The fraction of sp³-hybridized carbons (Fsp3) is 0.0667. The molecule has 0 saturated heterocycles. The van der Waals surface area contributed by atoms with Crippen LogP contribution in [0.25, 0.3) is 22.6 Å². The first-order chi connectivity index (χ1) is 11.2. The number of halogens is 5. The van der Waals surface area contributed by atoms with Crippen LogP contribution in [0.4, 0.5) is 18.9 Å². The van der Waals surface area contributed by atoms with Crippen LogP contribution in [0.3, 0.4) is 0 Å². The summed E-state index contributed by atoms with van der Waals surface area (Å²) in [6.07, 6.45) is -4.95. The molecule has 0 aliphatic heterocycles. The van der Waals surface area contributed by atoms with Gasteiger partial charge in [-0.2, -0.15) is 13.2 Å². The second-order valence-electron chi connectivity index (χ2n) is 4.78. The molecule has 0 fully saturated rings. The zero-order chi connectivity index (χ0) is 17.5. The average molecular weight is 375 g/mol. The summed E-state index contributed by atoms with van der Waals surface area (Å²) in [5.41, 5.74) is 1.31. The van der Waals surface area contributed by atoms with Crippen molar-refractivity contribution >= 4 is 45.9 Å². The lowest BCUT2D eigenvalue weighted by Crippen LogP contribution is -2.29. The number of hydrogen-bond acceptors (Lipinski definition) is 3. The number of amides is 1. The van der Waals surface area contributed by atoms with E-state index < -0.39 is 12.1 Å². The van der Waals surface area contributed by atoms with Crippen LogP contribution >= 0.6 is 23.2 Å². The smallest absolute Gasteiger partial charge is 0.435 e. The van der Waals surface area contributed by atoms with Crippen molar-refractivity contribution in [3.63, 3.8) is 0 Å². The van der Waals surface area contributed by atoms with E-state index in [4.69, 9.17) is 27.6 Å². The van der Waals surface area contributed by atoms with Crippen molar-refractivity contribution in [1.82, 2.24) is 4.98 Å². The van der Waals surface area contributed by atoms with E-state index in [9.17, 15) is 18.0 Å². The van der Waals surface area contributed by atoms with Crippen molar-refractivity contribution in [2.75, 3.05) is 5.32 Å². The van der Waals surface area contributed by atoms with Gasteiger partial charge in [0.2, 0.25) is 5.89 Å². The van der Waals surface area contributed by atoms with Crippen LogP contribution in [0.2, 0.25) is 10.0 Å². The molecule has 3 rings (SSSR count). The van der Waals surface area contributed by atoms with Crippen molar-refractivity contribution in [3.8, 4) is 11.5 Å². The van der Waals surface area contributed by atoms with Crippen LogP contribution in [0.5, 0.6) is 0 Å². The summed E-state index contributed by atoms with van der Waals surface area (Å²) in [5.74, 6) is -1.82. The standard InChI is InChI=1S/C15H7Cl2F3N2O2/c16-8-5-10(17)12-11(6-8)22-13(24-12)7-1-3-9(4-2-7)21-14(23)15(18,19)20/h1-6H,(H,21,23). The van der Waals surface area contributed by atoms with Crippen LogP contribution < -0.4 is 5.32 Å². The van der Waals surface area contributed by atoms with Crippen molar-refractivity contribution < 1.29 is 22.4 Å². The lowest BCUT2D eigenvalue weighted by Gasteiger charge is -2.07. The normalized spacial score (nSPS) is 11.7. The molecule has 24 heavy (non-hydrogen) atoms. The molecule has 0 atom stereocenters. The number of alkyl halides is 3. The minimum Gasteiger partial charge on any atom is -0.435 e. The van der Waals surface area contributed by atoms with Gasteiger partial charge in [-0.1, -0.05) is 23.2 Å². The number of carbonyl (C=O) groups excluding carboxylic acids is 1. The Bertz CT molecular complexity index is 921. The number of carbonyl (C=O) groups is 1. The molecule has 0 aliphatic rings. The van der Waals surface area contributed by atoms with Gasteiger partial charge >= 0.3 is 12.1 Å². The maximum atomic E-state index is 12.2. The number of hydrogen-bond donors (Lipinski definition) is 1. The van der Waals surface area contributed by atoms with Gasteiger partial charge in [0.25, 0.3) is 0 Å². The molecule has 1 amide bonds. The van der Waals surface area contributed by atoms with Gasteiger partial charge in [-0.3, -0.25) is 4.79 Å². The van der Waals surface area contributed by atoms with Crippen LogP contribution in [-0.4, -0.2) is 17.1 Å². The Balaban J connectivity index is 1.88. The second kappa shape index (κ2) is 5.99. The van der Waals surface area contributed by atoms with E-state index in [1.54, 1.807) is 11.4 Å². The Morgan fingerprint density at radius 3 is 2.42 bits per heavy atom. The van der Waals surface area contributed by atoms with E-state index in [1.165, 1.54) is 30.3 Å². The molecule has 0 bridgehead atoms. The quantitative estimate of drug-likeness (QED) is 0.661. The molecule has 3 aromatic rings. The first-order valence-corrected chi connectivity index (χ1v) is 7.24. The van der Waals surface area contributed by atoms with Crippen molar-refractivity contribution in [2.24, 2.45) is 0 Å². The van der Waals surface area contributed by atoms with Gasteiger partial charge in [0.05, 0.1) is 5.02 Å². The maximum absolute atomic E-state index is 12.2. The van der Waals surface area contributed by atoms with E-state index in [0.29, 0.717) is 26.7 Å². The number of benzene rings is 2. The molecule has 0 aliphatic carbocycles. The molecule has 0 unspecified atom stereocenters. The molecule has 2 aromatic carbocycles. The number of rotatable bonds is 2. The average Bonchev–Trinajstić information content (AvgIpc) is 2.91. The van der Waals surface area contributed by atoms with Gasteiger partial charge in [0.1, 0.15) is 5.52 Å². The minimum absolute atomic E-state index is 0.00161. The van der Waals surface area contributed by atoms with Crippen LogP contribution in [0.1, 0.15) is 0 Å². The largest absolute Gasteiger partial charge is 0.471 e. The third-order valence-electron chi connectivity index (χ3n) is 3.06.